The van der Waals surface area contributed by atoms with Crippen LogP contribution in [0.3, 0.4) is 0 Å². The van der Waals surface area contributed by atoms with Crippen LogP contribution >= 0.6 is 0 Å². The summed E-state index contributed by atoms with van der Waals surface area (Å²) in [5, 5.41) is 11.1. The van der Waals surface area contributed by atoms with Crippen LogP contribution in [0, 0.1) is 0 Å². The van der Waals surface area contributed by atoms with Gasteiger partial charge in [0.05, 0.1) is 12.1 Å². The smallest absolute Gasteiger partial charge is 0.0835 e. The number of rotatable bonds is 1. The SMILES string of the molecule is OC1C(N2CCCC2)c2ccccc2C12CCOCC2. The van der Waals surface area contributed by atoms with Gasteiger partial charge in [0.25, 0.3) is 0 Å². The van der Waals surface area contributed by atoms with Gasteiger partial charge in [-0.15, -0.1) is 0 Å². The molecular formula is C17H23NO2. The van der Waals surface area contributed by atoms with Gasteiger partial charge in [0.1, 0.15) is 0 Å². The molecule has 0 amide bonds. The molecule has 20 heavy (non-hydrogen) atoms. The fraction of sp³-hybridized carbons (Fsp3) is 0.647. The minimum atomic E-state index is -0.276. The van der Waals surface area contributed by atoms with Crippen LogP contribution in [0.4, 0.5) is 0 Å². The van der Waals surface area contributed by atoms with E-state index >= 15 is 0 Å². The van der Waals surface area contributed by atoms with Gasteiger partial charge in [0, 0.05) is 18.6 Å². The number of likely N-dealkylation sites (tertiary alicyclic amines) is 1. The first-order valence-corrected chi connectivity index (χ1v) is 7.92. The first-order valence-electron chi connectivity index (χ1n) is 7.92. The predicted molar refractivity (Wildman–Crippen MR) is 77.7 cm³/mol. The number of ether oxygens (including phenoxy) is 1. The minimum Gasteiger partial charge on any atom is -0.390 e. The Labute approximate surface area is 120 Å². The van der Waals surface area contributed by atoms with Gasteiger partial charge in [-0.25, -0.2) is 0 Å². The molecule has 2 unspecified atom stereocenters. The summed E-state index contributed by atoms with van der Waals surface area (Å²) in [6.45, 7) is 3.81. The summed E-state index contributed by atoms with van der Waals surface area (Å²) in [4.78, 5) is 2.49. The Bertz CT molecular complexity index is 490. The van der Waals surface area contributed by atoms with Crippen LogP contribution in [0.1, 0.15) is 42.9 Å². The van der Waals surface area contributed by atoms with E-state index in [0.717, 1.165) is 39.1 Å². The Hall–Kier alpha value is -0.900. The van der Waals surface area contributed by atoms with Crippen molar-refractivity contribution in [1.82, 2.24) is 4.90 Å². The normalized spacial score (nSPS) is 32.6. The number of benzene rings is 1. The van der Waals surface area contributed by atoms with Crippen LogP contribution in [0.15, 0.2) is 24.3 Å². The summed E-state index contributed by atoms with van der Waals surface area (Å²) < 4.78 is 5.56. The van der Waals surface area contributed by atoms with Gasteiger partial charge in [0.15, 0.2) is 0 Å². The third kappa shape index (κ3) is 1.70. The molecule has 2 fully saturated rings. The first-order chi connectivity index (χ1) is 9.83. The van der Waals surface area contributed by atoms with E-state index in [9.17, 15) is 5.11 Å². The van der Waals surface area contributed by atoms with Crippen molar-refractivity contribution in [3.8, 4) is 0 Å². The van der Waals surface area contributed by atoms with Crippen molar-refractivity contribution in [3.05, 3.63) is 35.4 Å². The maximum Gasteiger partial charge on any atom is 0.0835 e. The van der Waals surface area contributed by atoms with E-state index in [2.05, 4.69) is 29.2 Å². The summed E-state index contributed by atoms with van der Waals surface area (Å²) in [6, 6.07) is 8.90. The van der Waals surface area contributed by atoms with E-state index in [-0.39, 0.29) is 17.6 Å². The number of nitrogens with zero attached hydrogens (tertiary/aromatic N) is 1. The lowest BCUT2D eigenvalue weighted by molar-refractivity contribution is -0.0380. The molecule has 1 aromatic carbocycles. The van der Waals surface area contributed by atoms with E-state index < -0.39 is 0 Å². The van der Waals surface area contributed by atoms with Gasteiger partial charge in [-0.3, -0.25) is 4.90 Å². The second-order valence-corrected chi connectivity index (χ2v) is 6.49. The third-order valence-electron chi connectivity index (χ3n) is 5.60. The Kier molecular flexibility index (Phi) is 3.09. The number of hydrogen-bond acceptors (Lipinski definition) is 3. The molecule has 2 atom stereocenters. The van der Waals surface area contributed by atoms with Crippen molar-refractivity contribution < 1.29 is 9.84 Å². The highest BCUT2D eigenvalue weighted by molar-refractivity contribution is 5.45. The molecule has 0 bridgehead atoms. The summed E-state index contributed by atoms with van der Waals surface area (Å²) >= 11 is 0. The van der Waals surface area contributed by atoms with Crippen LogP contribution in [0.5, 0.6) is 0 Å². The summed E-state index contributed by atoms with van der Waals surface area (Å²) in [6.07, 6.45) is 4.16. The van der Waals surface area contributed by atoms with Crippen LogP contribution in [-0.4, -0.2) is 42.4 Å². The lowest BCUT2D eigenvalue weighted by Crippen LogP contribution is -2.45. The molecule has 2 heterocycles. The van der Waals surface area contributed by atoms with E-state index in [4.69, 9.17) is 4.74 Å². The molecular weight excluding hydrogens is 250 g/mol. The molecule has 108 valence electrons. The largest absolute Gasteiger partial charge is 0.390 e. The predicted octanol–water partition coefficient (Wildman–Crippen LogP) is 2.25. The molecule has 2 aliphatic heterocycles. The summed E-state index contributed by atoms with van der Waals surface area (Å²) in [5.41, 5.74) is 2.68. The second kappa shape index (κ2) is 4.83. The maximum absolute atomic E-state index is 11.1. The molecule has 3 nitrogen and oxygen atoms in total. The van der Waals surface area contributed by atoms with Crippen LogP contribution in [-0.2, 0) is 10.2 Å². The average molecular weight is 273 g/mol. The summed E-state index contributed by atoms with van der Waals surface area (Å²) in [7, 11) is 0. The number of hydrogen-bond donors (Lipinski definition) is 1. The Balaban J connectivity index is 1.79. The number of aliphatic hydroxyl groups is 1. The molecule has 1 spiro atoms. The molecule has 1 aromatic rings. The first kappa shape index (κ1) is 12.8. The van der Waals surface area contributed by atoms with E-state index in [1.165, 1.54) is 24.0 Å². The lowest BCUT2D eigenvalue weighted by Gasteiger charge is -2.39. The van der Waals surface area contributed by atoms with E-state index in [1.54, 1.807) is 0 Å². The lowest BCUT2D eigenvalue weighted by atomic mass is 9.73. The zero-order chi connectivity index (χ0) is 13.6. The van der Waals surface area contributed by atoms with Gasteiger partial charge in [-0.1, -0.05) is 24.3 Å². The van der Waals surface area contributed by atoms with Gasteiger partial charge >= 0.3 is 0 Å². The Morgan fingerprint density at radius 1 is 1.10 bits per heavy atom. The molecule has 0 aromatic heterocycles. The van der Waals surface area contributed by atoms with Crippen molar-refractivity contribution >= 4 is 0 Å². The van der Waals surface area contributed by atoms with Crippen molar-refractivity contribution in [2.45, 2.75) is 43.2 Å². The quantitative estimate of drug-likeness (QED) is 0.852. The highest BCUT2D eigenvalue weighted by atomic mass is 16.5. The van der Waals surface area contributed by atoms with Crippen molar-refractivity contribution in [3.63, 3.8) is 0 Å². The van der Waals surface area contributed by atoms with Crippen LogP contribution in [0.25, 0.3) is 0 Å². The third-order valence-corrected chi connectivity index (χ3v) is 5.60. The standard InChI is InChI=1S/C17H23NO2/c19-16-15(18-9-3-4-10-18)13-5-1-2-6-14(13)17(16)7-11-20-12-8-17/h1-2,5-6,15-16,19H,3-4,7-12H2. The van der Waals surface area contributed by atoms with Crippen molar-refractivity contribution in [1.29, 1.82) is 0 Å². The van der Waals surface area contributed by atoms with Gasteiger partial charge in [-0.2, -0.15) is 0 Å². The van der Waals surface area contributed by atoms with Crippen molar-refractivity contribution in [2.75, 3.05) is 26.3 Å². The second-order valence-electron chi connectivity index (χ2n) is 6.49. The monoisotopic (exact) mass is 273 g/mol. The zero-order valence-electron chi connectivity index (χ0n) is 11.9. The number of fused-ring (bicyclic) bond motifs is 2. The van der Waals surface area contributed by atoms with Crippen LogP contribution < -0.4 is 0 Å². The average Bonchev–Trinajstić information content (AvgIpc) is 3.09. The molecule has 1 N–H and O–H groups in total. The van der Waals surface area contributed by atoms with Crippen molar-refractivity contribution in [2.24, 2.45) is 0 Å². The molecule has 0 saturated carbocycles. The van der Waals surface area contributed by atoms with Gasteiger partial charge in [-0.05, 0) is 49.9 Å². The molecule has 1 aliphatic carbocycles. The molecule has 4 rings (SSSR count). The zero-order valence-corrected chi connectivity index (χ0v) is 11.9. The minimum absolute atomic E-state index is 0.0674. The van der Waals surface area contributed by atoms with E-state index in [1.807, 2.05) is 0 Å². The molecule has 0 radical (unpaired) electrons. The fourth-order valence-corrected chi connectivity index (χ4v) is 4.56. The topological polar surface area (TPSA) is 32.7 Å². The maximum atomic E-state index is 11.1. The van der Waals surface area contributed by atoms with Crippen LogP contribution in [0.2, 0.25) is 0 Å². The Morgan fingerprint density at radius 2 is 1.80 bits per heavy atom. The molecule has 3 heteroatoms. The Morgan fingerprint density at radius 3 is 2.55 bits per heavy atom. The van der Waals surface area contributed by atoms with Gasteiger partial charge < -0.3 is 9.84 Å². The van der Waals surface area contributed by atoms with E-state index in [0.29, 0.717) is 0 Å². The molecule has 2 saturated heterocycles. The fourth-order valence-electron chi connectivity index (χ4n) is 4.56. The highest BCUT2D eigenvalue weighted by Gasteiger charge is 2.53. The molecule has 3 aliphatic rings. The highest BCUT2D eigenvalue weighted by Crippen LogP contribution is 2.52. The number of aliphatic hydroxyl groups excluding tert-OH is 1. The van der Waals surface area contributed by atoms with Gasteiger partial charge in [0.2, 0.25) is 0 Å². The summed E-state index contributed by atoms with van der Waals surface area (Å²) in [5.74, 6) is 0.